The highest BCUT2D eigenvalue weighted by molar-refractivity contribution is 7.99. The average Bonchev–Trinajstić information content (AvgIpc) is 2.53. The fourth-order valence-corrected chi connectivity index (χ4v) is 3.01. The Morgan fingerprint density at radius 3 is 2.30 bits per heavy atom. The zero-order valence-electron chi connectivity index (χ0n) is 12.0. The topological polar surface area (TPSA) is 35.2 Å². The number of hydrogen-bond donors (Lipinski definition) is 1. The number of methoxy groups -OCH3 is 1. The van der Waals surface area contributed by atoms with Crippen molar-refractivity contribution in [1.29, 1.82) is 0 Å². The first kappa shape index (κ1) is 14.9. The van der Waals surface area contributed by atoms with E-state index in [1.807, 2.05) is 42.1 Å². The van der Waals surface area contributed by atoms with Gasteiger partial charge in [-0.05, 0) is 23.3 Å². The molecule has 106 valence electrons. The van der Waals surface area contributed by atoms with Gasteiger partial charge in [-0.25, -0.2) is 0 Å². The Hall–Kier alpha value is -1.45. The van der Waals surface area contributed by atoms with E-state index in [-0.39, 0.29) is 6.04 Å². The van der Waals surface area contributed by atoms with E-state index in [1.54, 1.807) is 7.11 Å². The van der Waals surface area contributed by atoms with Crippen molar-refractivity contribution in [3.05, 3.63) is 65.7 Å². The fraction of sp³-hybridized carbons (Fsp3) is 0.294. The minimum atomic E-state index is 0.0367. The summed E-state index contributed by atoms with van der Waals surface area (Å²) in [5, 5.41) is 0.364. The predicted octanol–water partition coefficient (Wildman–Crippen LogP) is 4.02. The highest BCUT2D eigenvalue weighted by Gasteiger charge is 2.15. The SMILES string of the molecule is COc1ccc(C(N)C(C)SCc2ccccc2)cc1. The first-order valence-electron chi connectivity index (χ1n) is 6.76. The van der Waals surface area contributed by atoms with Crippen molar-refractivity contribution in [3.63, 3.8) is 0 Å². The molecule has 0 amide bonds. The van der Waals surface area contributed by atoms with E-state index in [9.17, 15) is 0 Å². The Kier molecular flexibility index (Phi) is 5.50. The third-order valence-electron chi connectivity index (χ3n) is 3.36. The average molecular weight is 287 g/mol. The summed E-state index contributed by atoms with van der Waals surface area (Å²) >= 11 is 1.89. The van der Waals surface area contributed by atoms with E-state index in [0.717, 1.165) is 17.1 Å². The molecule has 20 heavy (non-hydrogen) atoms. The molecule has 2 N–H and O–H groups in total. The molecule has 2 unspecified atom stereocenters. The predicted molar refractivity (Wildman–Crippen MR) is 87.1 cm³/mol. The second kappa shape index (κ2) is 7.36. The number of nitrogens with two attached hydrogens (primary N) is 1. The van der Waals surface area contributed by atoms with Crippen molar-refractivity contribution < 1.29 is 4.74 Å². The van der Waals surface area contributed by atoms with E-state index in [1.165, 1.54) is 5.56 Å². The van der Waals surface area contributed by atoms with E-state index in [4.69, 9.17) is 10.5 Å². The van der Waals surface area contributed by atoms with E-state index >= 15 is 0 Å². The summed E-state index contributed by atoms with van der Waals surface area (Å²) in [6.45, 7) is 2.18. The van der Waals surface area contributed by atoms with E-state index < -0.39 is 0 Å². The van der Waals surface area contributed by atoms with Gasteiger partial charge in [0.25, 0.3) is 0 Å². The first-order valence-corrected chi connectivity index (χ1v) is 7.80. The first-order chi connectivity index (χ1) is 9.70. The summed E-state index contributed by atoms with van der Waals surface area (Å²) in [5.74, 6) is 1.86. The molecule has 2 rings (SSSR count). The zero-order chi connectivity index (χ0) is 14.4. The van der Waals surface area contributed by atoms with Gasteiger partial charge < -0.3 is 10.5 Å². The van der Waals surface area contributed by atoms with Crippen molar-refractivity contribution in [1.82, 2.24) is 0 Å². The quantitative estimate of drug-likeness (QED) is 0.871. The molecule has 2 aromatic carbocycles. The number of benzene rings is 2. The van der Waals surface area contributed by atoms with Crippen LogP contribution in [-0.2, 0) is 5.75 Å². The van der Waals surface area contributed by atoms with Crippen molar-refractivity contribution in [3.8, 4) is 5.75 Å². The maximum Gasteiger partial charge on any atom is 0.118 e. The molecule has 3 heteroatoms. The maximum atomic E-state index is 6.33. The number of hydrogen-bond acceptors (Lipinski definition) is 3. The smallest absolute Gasteiger partial charge is 0.118 e. The molecule has 2 aromatic rings. The molecule has 0 spiro atoms. The van der Waals surface area contributed by atoms with Crippen LogP contribution in [0.4, 0.5) is 0 Å². The van der Waals surface area contributed by atoms with Crippen LogP contribution in [-0.4, -0.2) is 12.4 Å². The van der Waals surface area contributed by atoms with Gasteiger partial charge in [0.15, 0.2) is 0 Å². The lowest BCUT2D eigenvalue weighted by molar-refractivity contribution is 0.414. The summed E-state index contributed by atoms with van der Waals surface area (Å²) in [5.41, 5.74) is 8.82. The van der Waals surface area contributed by atoms with Crippen LogP contribution in [0, 0.1) is 0 Å². The molecule has 2 atom stereocenters. The van der Waals surface area contributed by atoms with Crippen LogP contribution in [0.5, 0.6) is 5.75 Å². The maximum absolute atomic E-state index is 6.33. The zero-order valence-corrected chi connectivity index (χ0v) is 12.8. The van der Waals surface area contributed by atoms with Gasteiger partial charge in [-0.1, -0.05) is 49.4 Å². The number of ether oxygens (including phenoxy) is 1. The molecule has 0 bridgehead atoms. The second-order valence-corrected chi connectivity index (χ2v) is 6.17. The van der Waals surface area contributed by atoms with Crippen molar-refractivity contribution in [2.75, 3.05) is 7.11 Å². The van der Waals surface area contributed by atoms with Gasteiger partial charge >= 0.3 is 0 Å². The van der Waals surface area contributed by atoms with Gasteiger partial charge in [-0.3, -0.25) is 0 Å². The molecular weight excluding hydrogens is 266 g/mol. The Bertz CT molecular complexity index is 512. The van der Waals surface area contributed by atoms with Gasteiger partial charge in [0.2, 0.25) is 0 Å². The Morgan fingerprint density at radius 2 is 1.70 bits per heavy atom. The van der Waals surface area contributed by atoms with Crippen LogP contribution in [0.1, 0.15) is 24.1 Å². The summed E-state index contributed by atoms with van der Waals surface area (Å²) in [6, 6.07) is 18.5. The summed E-state index contributed by atoms with van der Waals surface area (Å²) in [6.07, 6.45) is 0. The normalized spacial score (nSPS) is 13.8. The summed E-state index contributed by atoms with van der Waals surface area (Å²) < 4.78 is 5.17. The van der Waals surface area contributed by atoms with Crippen molar-refractivity contribution >= 4 is 11.8 Å². The van der Waals surface area contributed by atoms with Crippen LogP contribution < -0.4 is 10.5 Å². The third kappa shape index (κ3) is 4.02. The molecule has 0 radical (unpaired) electrons. The van der Waals surface area contributed by atoms with Gasteiger partial charge in [0.05, 0.1) is 7.11 Å². The summed E-state index contributed by atoms with van der Waals surface area (Å²) in [7, 11) is 1.67. The van der Waals surface area contributed by atoms with Gasteiger partial charge in [-0.2, -0.15) is 11.8 Å². The summed E-state index contributed by atoms with van der Waals surface area (Å²) in [4.78, 5) is 0. The largest absolute Gasteiger partial charge is 0.497 e. The van der Waals surface area contributed by atoms with Gasteiger partial charge in [-0.15, -0.1) is 0 Å². The molecule has 0 aliphatic rings. The Morgan fingerprint density at radius 1 is 1.05 bits per heavy atom. The monoisotopic (exact) mass is 287 g/mol. The molecule has 0 aliphatic heterocycles. The Balaban J connectivity index is 1.92. The molecule has 0 saturated heterocycles. The third-order valence-corrected chi connectivity index (χ3v) is 4.68. The lowest BCUT2D eigenvalue weighted by Gasteiger charge is -2.20. The molecule has 0 aliphatic carbocycles. The highest BCUT2D eigenvalue weighted by Crippen LogP contribution is 2.28. The van der Waals surface area contributed by atoms with Crippen LogP contribution in [0.3, 0.4) is 0 Å². The lowest BCUT2D eigenvalue weighted by atomic mass is 10.1. The Labute approximate surface area is 125 Å². The second-order valence-electron chi connectivity index (χ2n) is 4.80. The van der Waals surface area contributed by atoms with E-state index in [0.29, 0.717) is 5.25 Å². The molecule has 0 aromatic heterocycles. The number of thioether (sulfide) groups is 1. The molecular formula is C17H21NOS. The van der Waals surface area contributed by atoms with Crippen LogP contribution in [0.25, 0.3) is 0 Å². The van der Waals surface area contributed by atoms with Gasteiger partial charge in [0, 0.05) is 17.0 Å². The minimum absolute atomic E-state index is 0.0367. The highest BCUT2D eigenvalue weighted by atomic mass is 32.2. The lowest BCUT2D eigenvalue weighted by Crippen LogP contribution is -2.21. The number of rotatable bonds is 6. The molecule has 2 nitrogen and oxygen atoms in total. The van der Waals surface area contributed by atoms with E-state index in [2.05, 4.69) is 31.2 Å². The molecule has 0 saturated carbocycles. The molecule has 0 fully saturated rings. The fourth-order valence-electron chi connectivity index (χ4n) is 2.00. The van der Waals surface area contributed by atoms with Gasteiger partial charge in [0.1, 0.15) is 5.75 Å². The van der Waals surface area contributed by atoms with Crippen LogP contribution in [0.2, 0.25) is 0 Å². The van der Waals surface area contributed by atoms with Crippen molar-refractivity contribution in [2.24, 2.45) is 5.73 Å². The standard InChI is InChI=1S/C17H21NOS/c1-13(20-12-14-6-4-3-5-7-14)17(18)15-8-10-16(19-2)11-9-15/h3-11,13,17H,12,18H2,1-2H3. The molecule has 0 heterocycles. The van der Waals surface area contributed by atoms with Crippen molar-refractivity contribution in [2.45, 2.75) is 24.0 Å². The van der Waals surface area contributed by atoms with Crippen LogP contribution in [0.15, 0.2) is 54.6 Å². The van der Waals surface area contributed by atoms with Crippen LogP contribution >= 0.6 is 11.8 Å². The minimum Gasteiger partial charge on any atom is -0.497 e.